The highest BCUT2D eigenvalue weighted by Gasteiger charge is 2.25. The number of carbonyl (C=O) groups excluding carboxylic acids is 1. The number of carbonyl (C=O) groups is 1. The number of ether oxygens (including phenoxy) is 1. The zero-order chi connectivity index (χ0) is 13.2. The number of aromatic nitrogens is 1. The van der Waals surface area contributed by atoms with E-state index in [0.717, 1.165) is 35.1 Å². The van der Waals surface area contributed by atoms with Crippen molar-refractivity contribution in [3.05, 3.63) is 30.0 Å². The Morgan fingerprint density at radius 2 is 2.05 bits per heavy atom. The molecule has 0 bridgehead atoms. The molecule has 0 amide bonds. The molecule has 1 fully saturated rings. The van der Waals surface area contributed by atoms with Gasteiger partial charge in [0.25, 0.3) is 0 Å². The Morgan fingerprint density at radius 3 is 2.79 bits per heavy atom. The Bertz CT molecular complexity index is 594. The van der Waals surface area contributed by atoms with Gasteiger partial charge in [0.05, 0.1) is 12.5 Å². The van der Waals surface area contributed by atoms with E-state index in [0.29, 0.717) is 0 Å². The molecule has 0 saturated heterocycles. The highest BCUT2D eigenvalue weighted by molar-refractivity contribution is 6.10. The lowest BCUT2D eigenvalue weighted by atomic mass is 9.84. The molecule has 1 aromatic heterocycles. The molecular weight excluding hydrogens is 238 g/mol. The summed E-state index contributed by atoms with van der Waals surface area (Å²) in [5.74, 6) is 1.24. The van der Waals surface area contributed by atoms with Crippen LogP contribution in [0, 0.1) is 5.92 Å². The van der Waals surface area contributed by atoms with Crippen LogP contribution in [0.4, 0.5) is 0 Å². The van der Waals surface area contributed by atoms with Crippen LogP contribution in [0.15, 0.2) is 24.4 Å². The Hall–Kier alpha value is -1.77. The second-order valence-corrected chi connectivity index (χ2v) is 5.28. The van der Waals surface area contributed by atoms with Crippen LogP contribution < -0.4 is 4.74 Å². The predicted octanol–water partition coefficient (Wildman–Crippen LogP) is 3.94. The molecule has 19 heavy (non-hydrogen) atoms. The van der Waals surface area contributed by atoms with Crippen molar-refractivity contribution < 1.29 is 9.53 Å². The summed E-state index contributed by atoms with van der Waals surface area (Å²) in [5, 5.41) is 0.931. The fourth-order valence-corrected chi connectivity index (χ4v) is 3.10. The normalized spacial score (nSPS) is 16.7. The van der Waals surface area contributed by atoms with Crippen LogP contribution in [-0.2, 0) is 0 Å². The smallest absolute Gasteiger partial charge is 0.168 e. The van der Waals surface area contributed by atoms with Crippen LogP contribution in [0.25, 0.3) is 10.9 Å². The Labute approximate surface area is 113 Å². The SMILES string of the molecule is COc1cccc2[nH]cc(C(=O)C3CCCCC3)c12. The minimum atomic E-state index is 0.192. The van der Waals surface area contributed by atoms with Crippen molar-refractivity contribution in [2.45, 2.75) is 32.1 Å². The summed E-state index contributed by atoms with van der Waals surface area (Å²) in [7, 11) is 1.65. The molecule has 1 aromatic carbocycles. The maximum Gasteiger partial charge on any atom is 0.168 e. The first-order valence-electron chi connectivity index (χ1n) is 6.99. The molecule has 100 valence electrons. The van der Waals surface area contributed by atoms with Gasteiger partial charge >= 0.3 is 0 Å². The minimum absolute atomic E-state index is 0.192. The Morgan fingerprint density at radius 1 is 1.26 bits per heavy atom. The van der Waals surface area contributed by atoms with Crippen LogP contribution in [0.2, 0.25) is 0 Å². The molecule has 3 nitrogen and oxygen atoms in total. The lowest BCUT2D eigenvalue weighted by Crippen LogP contribution is -2.17. The van der Waals surface area contributed by atoms with Crippen molar-refractivity contribution in [2.75, 3.05) is 7.11 Å². The highest BCUT2D eigenvalue weighted by atomic mass is 16.5. The fourth-order valence-electron chi connectivity index (χ4n) is 3.10. The maximum atomic E-state index is 12.7. The summed E-state index contributed by atoms with van der Waals surface area (Å²) in [6, 6.07) is 5.83. The first-order valence-corrected chi connectivity index (χ1v) is 6.99. The third kappa shape index (κ3) is 2.14. The van der Waals surface area contributed by atoms with E-state index in [9.17, 15) is 4.79 Å². The molecule has 1 aliphatic carbocycles. The minimum Gasteiger partial charge on any atom is -0.496 e. The van der Waals surface area contributed by atoms with Crippen molar-refractivity contribution in [1.29, 1.82) is 0 Å². The molecular formula is C16H19NO2. The summed E-state index contributed by atoms with van der Waals surface area (Å²) < 4.78 is 5.39. The summed E-state index contributed by atoms with van der Waals surface area (Å²) in [5.41, 5.74) is 1.76. The molecule has 1 heterocycles. The third-order valence-corrected chi connectivity index (χ3v) is 4.13. The van der Waals surface area contributed by atoms with Crippen molar-refractivity contribution >= 4 is 16.7 Å². The van der Waals surface area contributed by atoms with Gasteiger partial charge < -0.3 is 9.72 Å². The Balaban J connectivity index is 2.02. The van der Waals surface area contributed by atoms with Crippen molar-refractivity contribution in [1.82, 2.24) is 4.98 Å². The largest absolute Gasteiger partial charge is 0.496 e. The summed E-state index contributed by atoms with van der Waals surface area (Å²) in [6.07, 6.45) is 7.51. The molecule has 2 aromatic rings. The summed E-state index contributed by atoms with van der Waals surface area (Å²) in [4.78, 5) is 15.8. The average Bonchev–Trinajstić information content (AvgIpc) is 2.91. The predicted molar refractivity (Wildman–Crippen MR) is 75.8 cm³/mol. The van der Waals surface area contributed by atoms with Crippen molar-refractivity contribution in [2.24, 2.45) is 5.92 Å². The number of aromatic amines is 1. The highest BCUT2D eigenvalue weighted by Crippen LogP contribution is 2.33. The molecule has 1 aliphatic rings. The number of H-pyrrole nitrogens is 1. The Kier molecular flexibility index (Phi) is 3.28. The van der Waals surface area contributed by atoms with Gasteiger partial charge in [-0.05, 0) is 25.0 Å². The number of hydrogen-bond donors (Lipinski definition) is 1. The lowest BCUT2D eigenvalue weighted by molar-refractivity contribution is 0.0891. The van der Waals surface area contributed by atoms with Gasteiger partial charge in [-0.3, -0.25) is 4.79 Å². The molecule has 1 saturated carbocycles. The topological polar surface area (TPSA) is 42.1 Å². The number of benzene rings is 1. The zero-order valence-electron chi connectivity index (χ0n) is 11.2. The monoisotopic (exact) mass is 257 g/mol. The van der Waals surface area contributed by atoms with E-state index in [1.54, 1.807) is 7.11 Å². The van der Waals surface area contributed by atoms with E-state index in [1.165, 1.54) is 19.3 Å². The second kappa shape index (κ2) is 5.08. The standard InChI is InChI=1S/C16H19NO2/c1-19-14-9-5-8-13-15(14)12(10-17-13)16(18)11-6-3-2-4-7-11/h5,8-11,17H,2-4,6-7H2,1H3. The van der Waals surface area contributed by atoms with E-state index in [2.05, 4.69) is 4.98 Å². The molecule has 0 aliphatic heterocycles. The van der Waals surface area contributed by atoms with E-state index in [1.807, 2.05) is 24.4 Å². The van der Waals surface area contributed by atoms with Crippen molar-refractivity contribution in [3.8, 4) is 5.75 Å². The number of fused-ring (bicyclic) bond motifs is 1. The molecule has 1 N–H and O–H groups in total. The van der Waals surface area contributed by atoms with Gasteiger partial charge in [-0.1, -0.05) is 25.3 Å². The third-order valence-electron chi connectivity index (χ3n) is 4.13. The molecule has 0 atom stereocenters. The summed E-state index contributed by atoms with van der Waals surface area (Å²) in [6.45, 7) is 0. The van der Waals surface area contributed by atoms with Gasteiger partial charge in [-0.25, -0.2) is 0 Å². The number of ketones is 1. The van der Waals surface area contributed by atoms with Gasteiger partial charge in [0.1, 0.15) is 5.75 Å². The average molecular weight is 257 g/mol. The van der Waals surface area contributed by atoms with E-state index in [4.69, 9.17) is 4.74 Å². The molecule has 3 heteroatoms. The van der Waals surface area contributed by atoms with Crippen LogP contribution in [0.1, 0.15) is 42.5 Å². The first kappa shape index (κ1) is 12.3. The van der Waals surface area contributed by atoms with Gasteiger partial charge in [0.15, 0.2) is 5.78 Å². The van der Waals surface area contributed by atoms with Gasteiger partial charge in [-0.15, -0.1) is 0 Å². The quantitative estimate of drug-likeness (QED) is 0.846. The van der Waals surface area contributed by atoms with Crippen LogP contribution >= 0.6 is 0 Å². The first-order chi connectivity index (χ1) is 9.31. The van der Waals surface area contributed by atoms with Crippen LogP contribution in [-0.4, -0.2) is 17.9 Å². The second-order valence-electron chi connectivity index (χ2n) is 5.28. The number of rotatable bonds is 3. The maximum absolute atomic E-state index is 12.7. The number of Topliss-reactive ketones (excluding diaryl/α,β-unsaturated/α-hetero) is 1. The van der Waals surface area contributed by atoms with E-state index in [-0.39, 0.29) is 11.7 Å². The fraction of sp³-hybridized carbons (Fsp3) is 0.438. The van der Waals surface area contributed by atoms with Gasteiger partial charge in [0.2, 0.25) is 0 Å². The molecule has 0 spiro atoms. The van der Waals surface area contributed by atoms with Gasteiger partial charge in [-0.2, -0.15) is 0 Å². The number of methoxy groups -OCH3 is 1. The van der Waals surface area contributed by atoms with Gasteiger partial charge in [0, 0.05) is 23.2 Å². The molecule has 0 radical (unpaired) electrons. The van der Waals surface area contributed by atoms with E-state index < -0.39 is 0 Å². The van der Waals surface area contributed by atoms with Crippen LogP contribution in [0.5, 0.6) is 5.75 Å². The van der Waals surface area contributed by atoms with Crippen molar-refractivity contribution in [3.63, 3.8) is 0 Å². The molecule has 3 rings (SSSR count). The lowest BCUT2D eigenvalue weighted by Gasteiger charge is -2.20. The zero-order valence-corrected chi connectivity index (χ0v) is 11.2. The van der Waals surface area contributed by atoms with Crippen LogP contribution in [0.3, 0.4) is 0 Å². The summed E-state index contributed by atoms with van der Waals surface area (Å²) >= 11 is 0. The number of nitrogens with one attached hydrogen (secondary N) is 1. The van der Waals surface area contributed by atoms with E-state index >= 15 is 0 Å². The number of hydrogen-bond acceptors (Lipinski definition) is 2. The molecule has 0 unspecified atom stereocenters.